The van der Waals surface area contributed by atoms with Crippen molar-refractivity contribution in [1.29, 1.82) is 0 Å². The van der Waals surface area contributed by atoms with E-state index in [1.54, 1.807) is 24.3 Å². The highest BCUT2D eigenvalue weighted by Gasteiger charge is 2.33. The second-order valence-electron chi connectivity index (χ2n) is 10.7. The van der Waals surface area contributed by atoms with Crippen molar-refractivity contribution in [2.75, 3.05) is 23.7 Å². The number of anilines is 1. The van der Waals surface area contributed by atoms with Gasteiger partial charge < -0.3 is 15.0 Å². The number of nitrogens with zero attached hydrogens (tertiary/aromatic N) is 2. The van der Waals surface area contributed by atoms with Gasteiger partial charge in [-0.1, -0.05) is 95.7 Å². The van der Waals surface area contributed by atoms with Crippen LogP contribution >= 0.6 is 15.9 Å². The van der Waals surface area contributed by atoms with E-state index in [0.717, 1.165) is 38.1 Å². The Labute approximate surface area is 274 Å². The molecular weight excluding hydrogens is 654 g/mol. The monoisotopic (exact) mass is 691 g/mol. The lowest BCUT2D eigenvalue weighted by Crippen LogP contribution is -2.53. The first kappa shape index (κ1) is 33.7. The fraction of sp³-hybridized carbons (Fsp3) is 0.257. The van der Waals surface area contributed by atoms with Gasteiger partial charge in [0.2, 0.25) is 21.8 Å². The van der Waals surface area contributed by atoms with Crippen LogP contribution in [0.2, 0.25) is 0 Å². The minimum atomic E-state index is -3.88. The normalized spacial score (nSPS) is 11.8. The number of ether oxygens (including phenoxy) is 1. The first-order valence-corrected chi connectivity index (χ1v) is 17.4. The average Bonchev–Trinajstić information content (AvgIpc) is 3.04. The Balaban J connectivity index is 1.63. The van der Waals surface area contributed by atoms with E-state index in [2.05, 4.69) is 21.2 Å². The third kappa shape index (κ3) is 10.2. The summed E-state index contributed by atoms with van der Waals surface area (Å²) < 4.78 is 33.9. The molecule has 0 aromatic heterocycles. The summed E-state index contributed by atoms with van der Waals surface area (Å²) >= 11 is 3.49. The van der Waals surface area contributed by atoms with Crippen LogP contribution in [-0.4, -0.2) is 50.5 Å². The number of hydrogen-bond acceptors (Lipinski definition) is 5. The molecule has 0 saturated heterocycles. The molecule has 0 saturated carbocycles. The number of amides is 2. The first-order valence-electron chi connectivity index (χ1n) is 14.7. The molecule has 1 atom stereocenters. The van der Waals surface area contributed by atoms with Gasteiger partial charge in [0.1, 0.15) is 24.9 Å². The number of carbonyl (C=O) groups is 2. The Morgan fingerprint density at radius 1 is 0.844 bits per heavy atom. The van der Waals surface area contributed by atoms with Crippen LogP contribution < -0.4 is 14.4 Å². The topological polar surface area (TPSA) is 96.0 Å². The van der Waals surface area contributed by atoms with Crippen molar-refractivity contribution in [2.24, 2.45) is 0 Å². The zero-order valence-electron chi connectivity index (χ0n) is 25.4. The SMILES string of the molecule is CCCNC(=O)C(Cc1ccccc1)N(Cc1cccc(Br)c1)C(=O)CN(c1ccc(OCc2ccccc2)cc1)S(C)(=O)=O. The molecule has 4 rings (SSSR count). The molecule has 0 aliphatic carbocycles. The van der Waals surface area contributed by atoms with Crippen molar-refractivity contribution in [3.8, 4) is 5.75 Å². The number of halogens is 1. The van der Waals surface area contributed by atoms with Crippen molar-refractivity contribution in [3.63, 3.8) is 0 Å². The lowest BCUT2D eigenvalue weighted by molar-refractivity contribution is -0.140. The summed E-state index contributed by atoms with van der Waals surface area (Å²) in [7, 11) is -3.88. The maximum absolute atomic E-state index is 14.2. The molecule has 45 heavy (non-hydrogen) atoms. The largest absolute Gasteiger partial charge is 0.489 e. The molecule has 1 N–H and O–H groups in total. The summed E-state index contributed by atoms with van der Waals surface area (Å²) in [6, 6.07) is 32.4. The highest BCUT2D eigenvalue weighted by Crippen LogP contribution is 2.24. The van der Waals surface area contributed by atoms with Gasteiger partial charge in [-0.15, -0.1) is 0 Å². The predicted octanol–water partition coefficient (Wildman–Crippen LogP) is 5.96. The summed E-state index contributed by atoms with van der Waals surface area (Å²) in [6.07, 6.45) is 2.06. The quantitative estimate of drug-likeness (QED) is 0.166. The minimum absolute atomic E-state index is 0.110. The molecule has 4 aromatic rings. The molecule has 4 aromatic carbocycles. The summed E-state index contributed by atoms with van der Waals surface area (Å²) in [6.45, 7) is 2.40. The van der Waals surface area contributed by atoms with Crippen LogP contribution in [-0.2, 0) is 39.2 Å². The number of nitrogens with one attached hydrogen (secondary N) is 1. The molecule has 236 valence electrons. The Kier molecular flexibility index (Phi) is 12.2. The molecule has 10 heteroatoms. The fourth-order valence-corrected chi connectivity index (χ4v) is 6.11. The third-order valence-corrected chi connectivity index (χ3v) is 8.75. The number of hydrogen-bond donors (Lipinski definition) is 1. The van der Waals surface area contributed by atoms with Gasteiger partial charge in [-0.05, 0) is 59.5 Å². The van der Waals surface area contributed by atoms with Gasteiger partial charge in [-0.3, -0.25) is 13.9 Å². The summed E-state index contributed by atoms with van der Waals surface area (Å²) in [5, 5.41) is 2.94. The van der Waals surface area contributed by atoms with E-state index in [-0.39, 0.29) is 18.9 Å². The van der Waals surface area contributed by atoms with Crippen LogP contribution in [0.3, 0.4) is 0 Å². The zero-order valence-corrected chi connectivity index (χ0v) is 27.8. The maximum atomic E-state index is 14.2. The van der Waals surface area contributed by atoms with E-state index < -0.39 is 28.5 Å². The van der Waals surface area contributed by atoms with Crippen molar-refractivity contribution >= 4 is 43.5 Å². The Hall–Kier alpha value is -4.15. The highest BCUT2D eigenvalue weighted by molar-refractivity contribution is 9.10. The Bertz CT molecular complexity index is 1650. The Morgan fingerprint density at radius 2 is 1.47 bits per heavy atom. The molecular formula is C35H38BrN3O5S. The molecule has 0 aliphatic rings. The van der Waals surface area contributed by atoms with E-state index in [1.165, 1.54) is 4.90 Å². The molecule has 2 amide bonds. The molecule has 0 heterocycles. The first-order chi connectivity index (χ1) is 21.6. The van der Waals surface area contributed by atoms with Crippen LogP contribution in [0.25, 0.3) is 0 Å². The summed E-state index contributed by atoms with van der Waals surface area (Å²) in [5.41, 5.74) is 3.00. The molecule has 0 fully saturated rings. The van der Waals surface area contributed by atoms with Crippen molar-refractivity contribution in [1.82, 2.24) is 10.2 Å². The Morgan fingerprint density at radius 3 is 2.07 bits per heavy atom. The predicted molar refractivity (Wildman–Crippen MR) is 181 cm³/mol. The second kappa shape index (κ2) is 16.2. The highest BCUT2D eigenvalue weighted by atomic mass is 79.9. The molecule has 0 spiro atoms. The van der Waals surface area contributed by atoms with E-state index >= 15 is 0 Å². The van der Waals surface area contributed by atoms with Crippen LogP contribution in [0.15, 0.2) is 114 Å². The van der Waals surface area contributed by atoms with Gasteiger partial charge in [0.15, 0.2) is 0 Å². The standard InChI is InChI=1S/C35H38BrN3O5S/c1-3-21-37-35(41)33(23-27-11-6-4-7-12-27)38(24-29-15-10-16-30(36)22-29)34(40)25-39(45(2,42)43)31-17-19-32(20-18-31)44-26-28-13-8-5-9-14-28/h4-20,22,33H,3,21,23-26H2,1-2H3,(H,37,41). The van der Waals surface area contributed by atoms with Crippen LogP contribution in [0.1, 0.15) is 30.0 Å². The molecule has 8 nitrogen and oxygen atoms in total. The van der Waals surface area contributed by atoms with E-state index in [0.29, 0.717) is 24.6 Å². The van der Waals surface area contributed by atoms with E-state index in [1.807, 2.05) is 91.9 Å². The van der Waals surface area contributed by atoms with Crippen molar-refractivity contribution in [2.45, 2.75) is 39.0 Å². The lowest BCUT2D eigenvalue weighted by atomic mass is 10.0. The van der Waals surface area contributed by atoms with Crippen LogP contribution in [0, 0.1) is 0 Å². The van der Waals surface area contributed by atoms with Crippen LogP contribution in [0.4, 0.5) is 5.69 Å². The van der Waals surface area contributed by atoms with E-state index in [9.17, 15) is 18.0 Å². The van der Waals surface area contributed by atoms with Gasteiger partial charge in [0, 0.05) is 24.0 Å². The third-order valence-electron chi connectivity index (χ3n) is 7.11. The van der Waals surface area contributed by atoms with E-state index in [4.69, 9.17) is 4.74 Å². The number of carbonyl (C=O) groups excluding carboxylic acids is 2. The second-order valence-corrected chi connectivity index (χ2v) is 13.5. The minimum Gasteiger partial charge on any atom is -0.489 e. The summed E-state index contributed by atoms with van der Waals surface area (Å²) in [5.74, 6) is -0.235. The average molecular weight is 693 g/mol. The lowest BCUT2D eigenvalue weighted by Gasteiger charge is -2.33. The van der Waals surface area contributed by atoms with Crippen molar-refractivity contribution < 1.29 is 22.7 Å². The zero-order chi connectivity index (χ0) is 32.2. The van der Waals surface area contributed by atoms with Gasteiger partial charge in [0.25, 0.3) is 0 Å². The van der Waals surface area contributed by atoms with Crippen LogP contribution in [0.5, 0.6) is 5.75 Å². The van der Waals surface area contributed by atoms with Gasteiger partial charge in [-0.2, -0.15) is 0 Å². The molecule has 0 radical (unpaired) electrons. The van der Waals surface area contributed by atoms with Crippen molar-refractivity contribution in [3.05, 3.63) is 130 Å². The summed E-state index contributed by atoms with van der Waals surface area (Å²) in [4.78, 5) is 29.3. The number of sulfonamides is 1. The van der Waals surface area contributed by atoms with Gasteiger partial charge in [-0.25, -0.2) is 8.42 Å². The maximum Gasteiger partial charge on any atom is 0.244 e. The van der Waals surface area contributed by atoms with Gasteiger partial charge >= 0.3 is 0 Å². The molecule has 0 aliphatic heterocycles. The smallest absolute Gasteiger partial charge is 0.244 e. The molecule has 1 unspecified atom stereocenters. The number of benzene rings is 4. The van der Waals surface area contributed by atoms with Gasteiger partial charge in [0.05, 0.1) is 11.9 Å². The molecule has 0 bridgehead atoms. The number of rotatable bonds is 15. The fourth-order valence-electron chi connectivity index (χ4n) is 4.82.